The zero-order valence-electron chi connectivity index (χ0n) is 11.6. The van der Waals surface area contributed by atoms with E-state index < -0.39 is 11.6 Å². The van der Waals surface area contributed by atoms with Gasteiger partial charge in [-0.25, -0.2) is 8.78 Å². The average molecular weight is 275 g/mol. The SMILES string of the molecule is CNCCC(Cc1cc(F)cc(F)c1)c1ccccc1. The van der Waals surface area contributed by atoms with Crippen LogP contribution in [0.5, 0.6) is 0 Å². The largest absolute Gasteiger partial charge is 0.320 e. The molecule has 0 aliphatic heterocycles. The summed E-state index contributed by atoms with van der Waals surface area (Å²) in [4.78, 5) is 0. The Kier molecular flexibility index (Phi) is 5.24. The predicted molar refractivity (Wildman–Crippen MR) is 77.8 cm³/mol. The number of nitrogens with one attached hydrogen (secondary N) is 1. The van der Waals surface area contributed by atoms with E-state index in [2.05, 4.69) is 17.4 Å². The lowest BCUT2D eigenvalue weighted by Crippen LogP contribution is -2.14. The van der Waals surface area contributed by atoms with E-state index in [1.165, 1.54) is 17.7 Å². The third-order valence-electron chi connectivity index (χ3n) is 3.42. The van der Waals surface area contributed by atoms with Crippen LogP contribution < -0.4 is 5.32 Å². The van der Waals surface area contributed by atoms with Crippen molar-refractivity contribution in [3.8, 4) is 0 Å². The fourth-order valence-electron chi connectivity index (χ4n) is 2.44. The Bertz CT molecular complexity index is 520. The first-order valence-corrected chi connectivity index (χ1v) is 6.83. The maximum absolute atomic E-state index is 13.3. The highest BCUT2D eigenvalue weighted by molar-refractivity contribution is 5.25. The predicted octanol–water partition coefficient (Wildman–Crippen LogP) is 3.90. The van der Waals surface area contributed by atoms with Crippen LogP contribution in [0.3, 0.4) is 0 Å². The van der Waals surface area contributed by atoms with Crippen molar-refractivity contribution in [2.45, 2.75) is 18.8 Å². The average Bonchev–Trinajstić information content (AvgIpc) is 2.43. The van der Waals surface area contributed by atoms with E-state index in [9.17, 15) is 8.78 Å². The molecular formula is C17H19F2N. The molecule has 0 saturated heterocycles. The Hall–Kier alpha value is -1.74. The lowest BCUT2D eigenvalue weighted by atomic mass is 9.89. The Balaban J connectivity index is 2.19. The first-order valence-electron chi connectivity index (χ1n) is 6.83. The lowest BCUT2D eigenvalue weighted by Gasteiger charge is -2.17. The van der Waals surface area contributed by atoms with Gasteiger partial charge in [0.25, 0.3) is 0 Å². The van der Waals surface area contributed by atoms with Gasteiger partial charge in [0.05, 0.1) is 0 Å². The fourth-order valence-corrected chi connectivity index (χ4v) is 2.44. The van der Waals surface area contributed by atoms with E-state index in [1.807, 2.05) is 25.2 Å². The maximum atomic E-state index is 13.3. The van der Waals surface area contributed by atoms with E-state index >= 15 is 0 Å². The van der Waals surface area contributed by atoms with Crippen LogP contribution in [0, 0.1) is 11.6 Å². The van der Waals surface area contributed by atoms with Crippen molar-refractivity contribution in [3.63, 3.8) is 0 Å². The summed E-state index contributed by atoms with van der Waals surface area (Å²) in [5, 5.41) is 3.13. The quantitative estimate of drug-likeness (QED) is 0.843. The van der Waals surface area contributed by atoms with E-state index in [0.717, 1.165) is 19.0 Å². The first-order chi connectivity index (χ1) is 9.69. The van der Waals surface area contributed by atoms with Gasteiger partial charge in [-0.2, -0.15) is 0 Å². The highest BCUT2D eigenvalue weighted by Crippen LogP contribution is 2.24. The van der Waals surface area contributed by atoms with Gasteiger partial charge >= 0.3 is 0 Å². The summed E-state index contributed by atoms with van der Waals surface area (Å²) in [6.45, 7) is 0.872. The van der Waals surface area contributed by atoms with Crippen molar-refractivity contribution >= 4 is 0 Å². The van der Waals surface area contributed by atoms with Crippen LogP contribution in [-0.2, 0) is 6.42 Å². The molecule has 0 aliphatic carbocycles. The Labute approximate surface area is 118 Å². The van der Waals surface area contributed by atoms with Gasteiger partial charge in [0.2, 0.25) is 0 Å². The van der Waals surface area contributed by atoms with Crippen LogP contribution in [0.15, 0.2) is 48.5 Å². The second kappa shape index (κ2) is 7.15. The van der Waals surface area contributed by atoms with Gasteiger partial charge in [0, 0.05) is 6.07 Å². The molecule has 2 aromatic rings. The molecule has 0 heterocycles. The molecule has 0 spiro atoms. The number of hydrogen-bond donors (Lipinski definition) is 1. The Morgan fingerprint density at radius 3 is 2.25 bits per heavy atom. The van der Waals surface area contributed by atoms with Gasteiger partial charge in [-0.3, -0.25) is 0 Å². The number of rotatable bonds is 6. The summed E-state index contributed by atoms with van der Waals surface area (Å²) >= 11 is 0. The minimum absolute atomic E-state index is 0.254. The molecule has 1 nitrogen and oxygen atoms in total. The molecule has 0 aliphatic rings. The maximum Gasteiger partial charge on any atom is 0.126 e. The molecule has 0 bridgehead atoms. The summed E-state index contributed by atoms with van der Waals surface area (Å²) in [6, 6.07) is 13.8. The standard InChI is InChI=1S/C17H19F2N/c1-20-8-7-15(14-5-3-2-4-6-14)9-13-10-16(18)12-17(19)11-13/h2-6,10-12,15,20H,7-9H2,1H3. The van der Waals surface area contributed by atoms with Crippen LogP contribution in [0.25, 0.3) is 0 Å². The first kappa shape index (κ1) is 14.7. The van der Waals surface area contributed by atoms with Crippen LogP contribution >= 0.6 is 0 Å². The number of hydrogen-bond acceptors (Lipinski definition) is 1. The summed E-state index contributed by atoms with van der Waals surface area (Å²) < 4.78 is 26.6. The van der Waals surface area contributed by atoms with Gasteiger partial charge in [-0.15, -0.1) is 0 Å². The molecular weight excluding hydrogens is 256 g/mol. The second-order valence-electron chi connectivity index (χ2n) is 4.98. The molecule has 0 aromatic heterocycles. The van der Waals surface area contributed by atoms with Crippen LogP contribution in [0.1, 0.15) is 23.5 Å². The van der Waals surface area contributed by atoms with E-state index in [1.54, 1.807) is 0 Å². The van der Waals surface area contributed by atoms with E-state index in [4.69, 9.17) is 0 Å². The van der Waals surface area contributed by atoms with Crippen molar-refractivity contribution in [2.75, 3.05) is 13.6 Å². The van der Waals surface area contributed by atoms with Gasteiger partial charge < -0.3 is 5.32 Å². The highest BCUT2D eigenvalue weighted by atomic mass is 19.1. The minimum atomic E-state index is -0.513. The van der Waals surface area contributed by atoms with Gasteiger partial charge in [0.15, 0.2) is 0 Å². The molecule has 2 aromatic carbocycles. The molecule has 0 amide bonds. The highest BCUT2D eigenvalue weighted by Gasteiger charge is 2.13. The Morgan fingerprint density at radius 1 is 1.00 bits per heavy atom. The molecule has 1 atom stereocenters. The lowest BCUT2D eigenvalue weighted by molar-refractivity contribution is 0.565. The van der Waals surface area contributed by atoms with Gasteiger partial charge in [0.1, 0.15) is 11.6 Å². The molecule has 1 unspecified atom stereocenters. The normalized spacial score (nSPS) is 12.3. The van der Waals surface area contributed by atoms with Crippen molar-refractivity contribution in [3.05, 3.63) is 71.3 Å². The summed E-state index contributed by atoms with van der Waals surface area (Å²) in [6.07, 6.45) is 1.57. The fraction of sp³-hybridized carbons (Fsp3) is 0.294. The molecule has 106 valence electrons. The zero-order valence-corrected chi connectivity index (χ0v) is 11.6. The third-order valence-corrected chi connectivity index (χ3v) is 3.42. The van der Waals surface area contributed by atoms with Crippen molar-refractivity contribution in [2.24, 2.45) is 0 Å². The van der Waals surface area contributed by atoms with E-state index in [0.29, 0.717) is 12.0 Å². The molecule has 3 heteroatoms. The van der Waals surface area contributed by atoms with Crippen molar-refractivity contribution in [1.82, 2.24) is 5.32 Å². The molecule has 20 heavy (non-hydrogen) atoms. The smallest absolute Gasteiger partial charge is 0.126 e. The second-order valence-corrected chi connectivity index (χ2v) is 4.98. The van der Waals surface area contributed by atoms with Crippen LogP contribution in [-0.4, -0.2) is 13.6 Å². The van der Waals surface area contributed by atoms with Gasteiger partial charge in [-0.05, 0) is 55.6 Å². The monoisotopic (exact) mass is 275 g/mol. The molecule has 2 rings (SSSR count). The van der Waals surface area contributed by atoms with E-state index in [-0.39, 0.29) is 5.92 Å². The minimum Gasteiger partial charge on any atom is -0.320 e. The van der Waals surface area contributed by atoms with Crippen molar-refractivity contribution in [1.29, 1.82) is 0 Å². The molecule has 0 radical (unpaired) electrons. The summed E-state index contributed by atoms with van der Waals surface area (Å²) in [7, 11) is 1.91. The number of halogens is 2. The third kappa shape index (κ3) is 4.14. The molecule has 1 N–H and O–H groups in total. The topological polar surface area (TPSA) is 12.0 Å². The summed E-state index contributed by atoms with van der Waals surface area (Å²) in [5.74, 6) is -0.772. The molecule has 0 fully saturated rings. The number of benzene rings is 2. The molecule has 0 saturated carbocycles. The van der Waals surface area contributed by atoms with Gasteiger partial charge in [-0.1, -0.05) is 30.3 Å². The summed E-state index contributed by atoms with van der Waals surface area (Å²) in [5.41, 5.74) is 1.90. The zero-order chi connectivity index (χ0) is 14.4. The van der Waals surface area contributed by atoms with Crippen molar-refractivity contribution < 1.29 is 8.78 Å². The Morgan fingerprint density at radius 2 is 1.65 bits per heavy atom. The van der Waals surface area contributed by atoms with Crippen LogP contribution in [0.2, 0.25) is 0 Å². The van der Waals surface area contributed by atoms with Crippen LogP contribution in [0.4, 0.5) is 8.78 Å².